The van der Waals surface area contributed by atoms with Gasteiger partial charge in [-0.05, 0) is 45.1 Å². The Morgan fingerprint density at radius 1 is 1.32 bits per heavy atom. The number of carbonyl (C=O) groups is 2. The molecule has 1 aromatic rings. The van der Waals surface area contributed by atoms with Gasteiger partial charge in [-0.15, -0.1) is 11.8 Å². The fourth-order valence-electron chi connectivity index (χ4n) is 1.82. The zero-order valence-corrected chi connectivity index (χ0v) is 14.8. The third-order valence-corrected chi connectivity index (χ3v) is 3.49. The van der Waals surface area contributed by atoms with Crippen molar-refractivity contribution in [2.24, 2.45) is 5.92 Å². The Morgan fingerprint density at radius 2 is 1.95 bits per heavy atom. The van der Waals surface area contributed by atoms with E-state index in [1.165, 1.54) is 11.8 Å². The first-order valence-electron chi connectivity index (χ1n) is 7.17. The second kappa shape index (κ2) is 7.63. The standard InChI is InChI=1S/C16H24N2O3S/c1-10(2)12(13(19)18-16(3,4)5)21-15(20)11-8-7-9-17-14(11)22-6/h7-10,12H,1-6H3,(H,18,19)/t12-/m0/s1. The molecule has 1 rings (SSSR count). The summed E-state index contributed by atoms with van der Waals surface area (Å²) >= 11 is 1.37. The predicted octanol–water partition coefficient (Wildman–Crippen LogP) is 2.90. The second-order valence-electron chi connectivity index (χ2n) is 6.37. The van der Waals surface area contributed by atoms with E-state index in [0.717, 1.165) is 0 Å². The molecule has 0 unspecified atom stereocenters. The fraction of sp³-hybridized carbons (Fsp3) is 0.562. The molecular formula is C16H24N2O3S. The van der Waals surface area contributed by atoms with Crippen molar-refractivity contribution in [3.63, 3.8) is 0 Å². The summed E-state index contributed by atoms with van der Waals surface area (Å²) in [6, 6.07) is 3.33. The number of pyridine rings is 1. The maximum Gasteiger partial charge on any atom is 0.341 e. The molecule has 1 aromatic heterocycles. The summed E-state index contributed by atoms with van der Waals surface area (Å²) in [5, 5.41) is 3.44. The molecule has 0 bridgehead atoms. The van der Waals surface area contributed by atoms with Gasteiger partial charge in [0, 0.05) is 11.7 Å². The summed E-state index contributed by atoms with van der Waals surface area (Å²) < 4.78 is 5.44. The van der Waals surface area contributed by atoms with E-state index in [-0.39, 0.29) is 17.4 Å². The number of amides is 1. The second-order valence-corrected chi connectivity index (χ2v) is 7.16. The SMILES string of the molecule is CSc1ncccc1C(=O)O[C@H](C(=O)NC(C)(C)C)C(C)C. The number of nitrogens with one attached hydrogen (secondary N) is 1. The van der Waals surface area contributed by atoms with Gasteiger partial charge in [0.15, 0.2) is 6.10 Å². The molecule has 1 heterocycles. The van der Waals surface area contributed by atoms with E-state index in [4.69, 9.17) is 4.74 Å². The van der Waals surface area contributed by atoms with Crippen LogP contribution in [0.1, 0.15) is 45.0 Å². The Bertz CT molecular complexity index is 538. The maximum atomic E-state index is 12.4. The van der Waals surface area contributed by atoms with Crippen molar-refractivity contribution < 1.29 is 14.3 Å². The van der Waals surface area contributed by atoms with Crippen molar-refractivity contribution in [1.82, 2.24) is 10.3 Å². The van der Waals surface area contributed by atoms with E-state index in [1.54, 1.807) is 18.3 Å². The number of aromatic nitrogens is 1. The summed E-state index contributed by atoms with van der Waals surface area (Å²) in [5.74, 6) is -0.939. The average molecular weight is 324 g/mol. The molecule has 0 aliphatic heterocycles. The summed E-state index contributed by atoms with van der Waals surface area (Å²) in [6.45, 7) is 9.35. The number of ether oxygens (including phenoxy) is 1. The number of rotatable bonds is 5. The topological polar surface area (TPSA) is 68.3 Å². The smallest absolute Gasteiger partial charge is 0.341 e. The first-order valence-corrected chi connectivity index (χ1v) is 8.40. The monoisotopic (exact) mass is 324 g/mol. The van der Waals surface area contributed by atoms with Gasteiger partial charge >= 0.3 is 5.97 Å². The third kappa shape index (κ3) is 5.33. The molecule has 1 amide bonds. The largest absolute Gasteiger partial charge is 0.448 e. The Hall–Kier alpha value is -1.56. The van der Waals surface area contributed by atoms with E-state index in [9.17, 15) is 9.59 Å². The molecule has 0 aliphatic carbocycles. The molecule has 0 saturated carbocycles. The van der Waals surface area contributed by atoms with Crippen LogP contribution in [0.5, 0.6) is 0 Å². The highest BCUT2D eigenvalue weighted by Gasteiger charge is 2.30. The van der Waals surface area contributed by atoms with Gasteiger partial charge in [0.05, 0.1) is 5.56 Å². The molecule has 0 fully saturated rings. The minimum atomic E-state index is -0.832. The van der Waals surface area contributed by atoms with Crippen LogP contribution >= 0.6 is 11.8 Å². The zero-order chi connectivity index (χ0) is 16.9. The van der Waals surface area contributed by atoms with Crippen LogP contribution in [0.25, 0.3) is 0 Å². The maximum absolute atomic E-state index is 12.4. The molecule has 22 heavy (non-hydrogen) atoms. The van der Waals surface area contributed by atoms with E-state index in [2.05, 4.69) is 10.3 Å². The van der Waals surface area contributed by atoms with Crippen LogP contribution in [0.3, 0.4) is 0 Å². The molecule has 6 heteroatoms. The van der Waals surface area contributed by atoms with Gasteiger partial charge in [0.1, 0.15) is 5.03 Å². The first kappa shape index (κ1) is 18.5. The van der Waals surface area contributed by atoms with E-state index in [1.807, 2.05) is 40.9 Å². The number of thioether (sulfide) groups is 1. The van der Waals surface area contributed by atoms with Crippen LogP contribution in [0.2, 0.25) is 0 Å². The van der Waals surface area contributed by atoms with E-state index < -0.39 is 12.1 Å². The molecule has 0 aromatic carbocycles. The highest BCUT2D eigenvalue weighted by molar-refractivity contribution is 7.98. The van der Waals surface area contributed by atoms with Gasteiger partial charge in [-0.3, -0.25) is 4.79 Å². The van der Waals surface area contributed by atoms with Crippen LogP contribution in [0.4, 0.5) is 0 Å². The summed E-state index contributed by atoms with van der Waals surface area (Å²) in [4.78, 5) is 28.8. The Labute approximate surface area is 136 Å². The Balaban J connectivity index is 2.91. The van der Waals surface area contributed by atoms with Crippen molar-refractivity contribution in [3.8, 4) is 0 Å². The van der Waals surface area contributed by atoms with Crippen LogP contribution in [-0.4, -0.2) is 34.8 Å². The summed E-state index contributed by atoms with van der Waals surface area (Å²) in [6.07, 6.45) is 2.63. The Morgan fingerprint density at radius 3 is 2.45 bits per heavy atom. The summed E-state index contributed by atoms with van der Waals surface area (Å²) in [7, 11) is 0. The first-order chi connectivity index (χ1) is 10.2. The molecule has 1 N–H and O–H groups in total. The van der Waals surface area contributed by atoms with E-state index in [0.29, 0.717) is 10.6 Å². The summed E-state index contributed by atoms with van der Waals surface area (Å²) in [5.41, 5.74) is -0.000702. The number of hydrogen-bond donors (Lipinski definition) is 1. The lowest BCUT2D eigenvalue weighted by Gasteiger charge is -2.26. The molecule has 0 radical (unpaired) electrons. The van der Waals surface area contributed by atoms with Crippen molar-refractivity contribution in [3.05, 3.63) is 23.9 Å². The number of nitrogens with zero attached hydrogens (tertiary/aromatic N) is 1. The third-order valence-electron chi connectivity index (χ3n) is 2.78. The van der Waals surface area contributed by atoms with Crippen LogP contribution < -0.4 is 5.32 Å². The molecule has 1 atom stereocenters. The lowest BCUT2D eigenvalue weighted by Crippen LogP contribution is -2.48. The van der Waals surface area contributed by atoms with Crippen molar-refractivity contribution >= 4 is 23.6 Å². The molecule has 0 saturated heterocycles. The lowest BCUT2D eigenvalue weighted by molar-refractivity contribution is -0.133. The van der Waals surface area contributed by atoms with Crippen molar-refractivity contribution in [2.75, 3.05) is 6.26 Å². The van der Waals surface area contributed by atoms with Gasteiger partial charge < -0.3 is 10.1 Å². The predicted molar refractivity (Wildman–Crippen MR) is 88.0 cm³/mol. The minimum absolute atomic E-state index is 0.124. The van der Waals surface area contributed by atoms with Crippen molar-refractivity contribution in [2.45, 2.75) is 51.3 Å². The van der Waals surface area contributed by atoms with Crippen LogP contribution in [0.15, 0.2) is 23.4 Å². The number of esters is 1. The lowest BCUT2D eigenvalue weighted by atomic mass is 10.0. The molecule has 5 nitrogen and oxygen atoms in total. The highest BCUT2D eigenvalue weighted by atomic mass is 32.2. The van der Waals surface area contributed by atoms with Gasteiger partial charge in [0.2, 0.25) is 0 Å². The average Bonchev–Trinajstić information content (AvgIpc) is 2.42. The van der Waals surface area contributed by atoms with Crippen LogP contribution in [0, 0.1) is 5.92 Å². The molecule has 122 valence electrons. The molecule has 0 aliphatic rings. The molecular weight excluding hydrogens is 300 g/mol. The number of hydrogen-bond acceptors (Lipinski definition) is 5. The minimum Gasteiger partial charge on any atom is -0.448 e. The molecule has 0 spiro atoms. The fourth-order valence-corrected chi connectivity index (χ4v) is 2.36. The highest BCUT2D eigenvalue weighted by Crippen LogP contribution is 2.20. The quantitative estimate of drug-likeness (QED) is 0.666. The number of carbonyl (C=O) groups excluding carboxylic acids is 2. The normalized spacial score (nSPS) is 12.9. The van der Waals surface area contributed by atoms with E-state index >= 15 is 0 Å². The Kier molecular flexibility index (Phi) is 6.41. The van der Waals surface area contributed by atoms with Gasteiger partial charge in [-0.1, -0.05) is 13.8 Å². The zero-order valence-electron chi connectivity index (χ0n) is 14.0. The van der Waals surface area contributed by atoms with Gasteiger partial charge in [-0.25, -0.2) is 9.78 Å². The van der Waals surface area contributed by atoms with Crippen LogP contribution in [-0.2, 0) is 9.53 Å². The van der Waals surface area contributed by atoms with Gasteiger partial charge in [0.25, 0.3) is 5.91 Å². The van der Waals surface area contributed by atoms with Crippen molar-refractivity contribution in [1.29, 1.82) is 0 Å². The van der Waals surface area contributed by atoms with Gasteiger partial charge in [-0.2, -0.15) is 0 Å².